The minimum atomic E-state index is 0.0879. The van der Waals surface area contributed by atoms with E-state index in [0.29, 0.717) is 5.92 Å². The molecule has 284 valence electrons. The van der Waals surface area contributed by atoms with Crippen LogP contribution in [0.15, 0.2) is 194 Å². The molecule has 2 heteroatoms. The van der Waals surface area contributed by atoms with E-state index in [1.807, 2.05) is 0 Å². The third-order valence-electron chi connectivity index (χ3n) is 11.9. The van der Waals surface area contributed by atoms with Gasteiger partial charge in [-0.3, -0.25) is 0 Å². The second-order valence-corrected chi connectivity index (χ2v) is 16.7. The normalized spacial score (nSPS) is 12.2. The van der Waals surface area contributed by atoms with E-state index in [2.05, 4.69) is 238 Å². The monoisotopic (exact) mass is 750 g/mol. The van der Waals surface area contributed by atoms with E-state index in [1.165, 1.54) is 72.0 Å². The topological polar surface area (TPSA) is 8.17 Å². The Kier molecular flexibility index (Phi) is 9.79. The number of anilines is 3. The van der Waals surface area contributed by atoms with Crippen molar-refractivity contribution in [2.24, 2.45) is 0 Å². The number of para-hydroxylation sites is 2. The van der Waals surface area contributed by atoms with E-state index >= 15 is 0 Å². The molecular formula is C56H50N2. The highest BCUT2D eigenvalue weighted by Gasteiger charge is 2.18. The van der Waals surface area contributed by atoms with Crippen molar-refractivity contribution in [3.8, 4) is 39.1 Å². The first-order chi connectivity index (χ1) is 28.2. The fourth-order valence-electron chi connectivity index (χ4n) is 8.27. The number of nitrogens with zero attached hydrogens (tertiary/aromatic N) is 2. The van der Waals surface area contributed by atoms with E-state index < -0.39 is 0 Å². The van der Waals surface area contributed by atoms with Gasteiger partial charge in [-0.1, -0.05) is 156 Å². The molecule has 1 aromatic heterocycles. The third kappa shape index (κ3) is 7.12. The van der Waals surface area contributed by atoms with Gasteiger partial charge in [-0.25, -0.2) is 0 Å². The summed E-state index contributed by atoms with van der Waals surface area (Å²) in [4.78, 5) is 2.31. The zero-order valence-corrected chi connectivity index (χ0v) is 34.2. The lowest BCUT2D eigenvalue weighted by molar-refractivity contribution is 0.590. The number of hydrogen-bond acceptors (Lipinski definition) is 1. The van der Waals surface area contributed by atoms with E-state index in [1.54, 1.807) is 0 Å². The van der Waals surface area contributed by atoms with Crippen LogP contribution in [0.5, 0.6) is 0 Å². The van der Waals surface area contributed by atoms with Gasteiger partial charge in [-0.2, -0.15) is 0 Å². The summed E-state index contributed by atoms with van der Waals surface area (Å²) in [6, 6.07) is 71.4. The predicted octanol–water partition coefficient (Wildman–Crippen LogP) is 16.1. The molecule has 58 heavy (non-hydrogen) atoms. The molecule has 0 radical (unpaired) electrons. The molecule has 0 saturated heterocycles. The van der Waals surface area contributed by atoms with E-state index in [4.69, 9.17) is 0 Å². The minimum absolute atomic E-state index is 0.0879. The summed E-state index contributed by atoms with van der Waals surface area (Å²) in [7, 11) is 0. The Bertz CT molecular complexity index is 2770. The molecule has 0 spiro atoms. The Morgan fingerprint density at radius 1 is 0.448 bits per heavy atom. The number of rotatable bonds is 9. The summed E-state index contributed by atoms with van der Waals surface area (Å²) in [5.74, 6) is 0.576. The van der Waals surface area contributed by atoms with Gasteiger partial charge in [0, 0.05) is 33.5 Å². The van der Waals surface area contributed by atoms with Crippen LogP contribution in [0.3, 0.4) is 0 Å². The number of benzene rings is 8. The lowest BCUT2D eigenvalue weighted by Gasteiger charge is -2.25. The summed E-state index contributed by atoms with van der Waals surface area (Å²) in [6.45, 7) is 11.4. The summed E-state index contributed by atoms with van der Waals surface area (Å²) in [5, 5.41) is 2.49. The van der Waals surface area contributed by atoms with Crippen LogP contribution in [0.2, 0.25) is 0 Å². The van der Waals surface area contributed by atoms with Crippen LogP contribution in [-0.4, -0.2) is 4.57 Å². The van der Waals surface area contributed by atoms with Crippen LogP contribution in [0.1, 0.15) is 58.1 Å². The highest BCUT2D eigenvalue weighted by Crippen LogP contribution is 2.40. The molecule has 0 aliphatic carbocycles. The molecule has 2 nitrogen and oxygen atoms in total. The molecule has 9 aromatic rings. The van der Waals surface area contributed by atoms with Gasteiger partial charge >= 0.3 is 0 Å². The largest absolute Gasteiger partial charge is 0.311 e. The average Bonchev–Trinajstić information content (AvgIpc) is 3.60. The highest BCUT2D eigenvalue weighted by molar-refractivity contribution is 6.11. The molecule has 8 aromatic carbocycles. The quantitative estimate of drug-likeness (QED) is 0.143. The van der Waals surface area contributed by atoms with Gasteiger partial charge in [0.1, 0.15) is 0 Å². The van der Waals surface area contributed by atoms with Gasteiger partial charge in [-0.15, -0.1) is 0 Å². The number of fused-ring (bicyclic) bond motifs is 3. The van der Waals surface area contributed by atoms with Crippen LogP contribution < -0.4 is 4.90 Å². The molecule has 0 amide bonds. The molecule has 0 aliphatic rings. The van der Waals surface area contributed by atoms with Crippen molar-refractivity contribution >= 4 is 38.9 Å². The van der Waals surface area contributed by atoms with Crippen molar-refractivity contribution in [1.82, 2.24) is 4.57 Å². The zero-order chi connectivity index (χ0) is 39.8. The molecule has 0 saturated carbocycles. The van der Waals surface area contributed by atoms with Gasteiger partial charge in [0.25, 0.3) is 0 Å². The second-order valence-electron chi connectivity index (χ2n) is 16.7. The number of hydrogen-bond donors (Lipinski definition) is 0. The van der Waals surface area contributed by atoms with E-state index in [-0.39, 0.29) is 5.41 Å². The lowest BCUT2D eigenvalue weighted by Crippen LogP contribution is -2.10. The molecule has 0 bridgehead atoms. The zero-order valence-electron chi connectivity index (χ0n) is 34.2. The van der Waals surface area contributed by atoms with E-state index in [9.17, 15) is 0 Å². The molecule has 1 atom stereocenters. The molecule has 1 heterocycles. The Balaban J connectivity index is 1.12. The minimum Gasteiger partial charge on any atom is -0.311 e. The molecule has 0 N–H and O–H groups in total. The van der Waals surface area contributed by atoms with Gasteiger partial charge < -0.3 is 9.47 Å². The highest BCUT2D eigenvalue weighted by atomic mass is 15.1. The Morgan fingerprint density at radius 3 is 1.29 bits per heavy atom. The van der Waals surface area contributed by atoms with Gasteiger partial charge in [0.15, 0.2) is 0 Å². The van der Waals surface area contributed by atoms with Crippen molar-refractivity contribution in [3.05, 3.63) is 205 Å². The van der Waals surface area contributed by atoms with Gasteiger partial charge in [0.05, 0.1) is 11.0 Å². The number of aromatic nitrogens is 1. The van der Waals surface area contributed by atoms with E-state index in [0.717, 1.165) is 23.5 Å². The van der Waals surface area contributed by atoms with Crippen LogP contribution in [0.4, 0.5) is 17.1 Å². The SMILES string of the molecule is CCC(C)c1ccc(-c2ccc(-c3ccc4c(c3)c3cc(-c5ccc(N(c6ccccc6)c6ccccc6)cc5)ccc3n4-c3ccc(C(C)(C)C)cc3)cc2)cc1. The summed E-state index contributed by atoms with van der Waals surface area (Å²) >= 11 is 0. The summed E-state index contributed by atoms with van der Waals surface area (Å²) in [5.41, 5.74) is 17.1. The Morgan fingerprint density at radius 2 is 0.845 bits per heavy atom. The first-order valence-electron chi connectivity index (χ1n) is 20.7. The second kappa shape index (κ2) is 15.4. The Labute approximate surface area is 343 Å². The summed E-state index contributed by atoms with van der Waals surface area (Å²) in [6.07, 6.45) is 1.15. The van der Waals surface area contributed by atoms with Gasteiger partial charge in [-0.05, 0) is 135 Å². The van der Waals surface area contributed by atoms with Gasteiger partial charge in [0.2, 0.25) is 0 Å². The summed E-state index contributed by atoms with van der Waals surface area (Å²) < 4.78 is 2.43. The van der Waals surface area contributed by atoms with Crippen molar-refractivity contribution < 1.29 is 0 Å². The maximum atomic E-state index is 2.43. The Hall–Kier alpha value is -6.64. The first-order valence-corrected chi connectivity index (χ1v) is 20.7. The first kappa shape index (κ1) is 37.0. The van der Waals surface area contributed by atoms with Crippen molar-refractivity contribution in [2.45, 2.75) is 52.4 Å². The average molecular weight is 751 g/mol. The fraction of sp³-hybridized carbons (Fsp3) is 0.143. The van der Waals surface area contributed by atoms with Crippen LogP contribution in [-0.2, 0) is 5.41 Å². The standard InChI is InChI=1S/C56H50N2/c1-6-39(2)40-17-19-41(20-18-40)42-21-23-43(24-22-42)45-27-35-54-52(37-45)53-38-46(28-36-55(53)58(54)51-33-29-47(30-34-51)56(3,4)5)44-25-31-50(32-26-44)57(48-13-9-7-10-14-48)49-15-11-8-12-16-49/h7-39H,6H2,1-5H3. The molecule has 0 fully saturated rings. The lowest BCUT2D eigenvalue weighted by atomic mass is 9.87. The maximum absolute atomic E-state index is 2.43. The van der Waals surface area contributed by atoms with Crippen LogP contribution in [0.25, 0.3) is 60.9 Å². The van der Waals surface area contributed by atoms with Crippen molar-refractivity contribution in [3.63, 3.8) is 0 Å². The molecular weight excluding hydrogens is 701 g/mol. The van der Waals surface area contributed by atoms with Crippen molar-refractivity contribution in [2.75, 3.05) is 4.90 Å². The fourth-order valence-corrected chi connectivity index (χ4v) is 8.27. The van der Waals surface area contributed by atoms with Crippen LogP contribution in [0, 0.1) is 0 Å². The molecule has 1 unspecified atom stereocenters. The van der Waals surface area contributed by atoms with Crippen LogP contribution >= 0.6 is 0 Å². The predicted molar refractivity (Wildman–Crippen MR) is 249 cm³/mol. The maximum Gasteiger partial charge on any atom is 0.0541 e. The third-order valence-corrected chi connectivity index (χ3v) is 11.9. The smallest absolute Gasteiger partial charge is 0.0541 e. The molecule has 9 rings (SSSR count). The van der Waals surface area contributed by atoms with Crippen molar-refractivity contribution in [1.29, 1.82) is 0 Å². The molecule has 0 aliphatic heterocycles.